The Bertz CT molecular complexity index is 584. The van der Waals surface area contributed by atoms with E-state index in [-0.39, 0.29) is 18.2 Å². The van der Waals surface area contributed by atoms with E-state index >= 15 is 0 Å². The molecule has 7 nitrogen and oxygen atoms in total. The average molecular weight is 305 g/mol. The van der Waals surface area contributed by atoms with Gasteiger partial charge in [0.15, 0.2) is 6.61 Å². The summed E-state index contributed by atoms with van der Waals surface area (Å²) in [7, 11) is 0. The number of anilines is 1. The Hall–Kier alpha value is -2.15. The summed E-state index contributed by atoms with van der Waals surface area (Å²) in [6.45, 7) is 3.43. The Morgan fingerprint density at radius 1 is 1.18 bits per heavy atom. The maximum atomic E-state index is 12.1. The molecule has 1 fully saturated rings. The Kier molecular flexibility index (Phi) is 4.24. The van der Waals surface area contributed by atoms with Gasteiger partial charge in [-0.05, 0) is 32.0 Å². The fourth-order valence-corrected chi connectivity index (χ4v) is 2.97. The second-order valence-electron chi connectivity index (χ2n) is 5.65. The molecular weight excluding hydrogens is 286 g/mol. The molecule has 2 aliphatic heterocycles. The highest BCUT2D eigenvalue weighted by atomic mass is 16.6. The molecule has 0 N–H and O–H groups in total. The van der Waals surface area contributed by atoms with E-state index in [2.05, 4.69) is 4.90 Å². The van der Waals surface area contributed by atoms with Crippen LogP contribution >= 0.6 is 0 Å². The van der Waals surface area contributed by atoms with Crippen LogP contribution in [0, 0.1) is 10.1 Å². The standard InChI is InChI=1S/C15H19N3O4/c19-15-11-22-14-5-4-12(18(20)21)10-13(14)17(15)9-8-16-6-2-1-3-7-16/h4-5,10H,1-3,6-9,11H2. The van der Waals surface area contributed by atoms with Crippen molar-refractivity contribution >= 4 is 17.3 Å². The number of benzene rings is 1. The molecular formula is C15H19N3O4. The van der Waals surface area contributed by atoms with E-state index in [1.165, 1.54) is 31.4 Å². The third-order valence-corrected chi connectivity index (χ3v) is 4.18. The molecule has 0 saturated carbocycles. The van der Waals surface area contributed by atoms with Crippen LogP contribution in [-0.2, 0) is 4.79 Å². The Labute approximate surface area is 128 Å². The minimum atomic E-state index is -0.456. The highest BCUT2D eigenvalue weighted by molar-refractivity contribution is 5.98. The van der Waals surface area contributed by atoms with Crippen LogP contribution in [0.1, 0.15) is 19.3 Å². The Balaban J connectivity index is 1.77. The van der Waals surface area contributed by atoms with Crippen LogP contribution < -0.4 is 9.64 Å². The lowest BCUT2D eigenvalue weighted by molar-refractivity contribution is -0.384. The van der Waals surface area contributed by atoms with Gasteiger partial charge >= 0.3 is 0 Å². The van der Waals surface area contributed by atoms with E-state index in [4.69, 9.17) is 4.74 Å². The number of carbonyl (C=O) groups is 1. The summed E-state index contributed by atoms with van der Waals surface area (Å²) in [5.74, 6) is 0.383. The normalized spacial score (nSPS) is 18.7. The summed E-state index contributed by atoms with van der Waals surface area (Å²) in [5, 5.41) is 10.9. The average Bonchev–Trinajstić information content (AvgIpc) is 2.54. The molecule has 0 spiro atoms. The van der Waals surface area contributed by atoms with Gasteiger partial charge in [0, 0.05) is 25.2 Å². The number of piperidine rings is 1. The molecule has 0 atom stereocenters. The Morgan fingerprint density at radius 3 is 2.68 bits per heavy atom. The van der Waals surface area contributed by atoms with E-state index in [1.54, 1.807) is 11.0 Å². The smallest absolute Gasteiger partial charge is 0.271 e. The molecule has 118 valence electrons. The highest BCUT2D eigenvalue weighted by Gasteiger charge is 2.27. The number of amides is 1. The van der Waals surface area contributed by atoms with Gasteiger partial charge in [0.05, 0.1) is 10.6 Å². The predicted molar refractivity (Wildman–Crippen MR) is 81.2 cm³/mol. The van der Waals surface area contributed by atoms with E-state index in [9.17, 15) is 14.9 Å². The van der Waals surface area contributed by atoms with Crippen molar-refractivity contribution in [3.63, 3.8) is 0 Å². The van der Waals surface area contributed by atoms with E-state index in [0.717, 1.165) is 19.6 Å². The van der Waals surface area contributed by atoms with Crippen LogP contribution in [0.3, 0.4) is 0 Å². The predicted octanol–water partition coefficient (Wildman–Crippen LogP) is 1.81. The van der Waals surface area contributed by atoms with Gasteiger partial charge in [0.25, 0.3) is 11.6 Å². The number of fused-ring (bicyclic) bond motifs is 1. The van der Waals surface area contributed by atoms with Gasteiger partial charge in [-0.2, -0.15) is 0 Å². The first kappa shape index (κ1) is 14.8. The zero-order valence-electron chi connectivity index (χ0n) is 12.4. The topological polar surface area (TPSA) is 75.9 Å². The summed E-state index contributed by atoms with van der Waals surface area (Å²) in [6, 6.07) is 4.38. The maximum absolute atomic E-state index is 12.1. The number of hydrogen-bond donors (Lipinski definition) is 0. The quantitative estimate of drug-likeness (QED) is 0.626. The third-order valence-electron chi connectivity index (χ3n) is 4.18. The number of ether oxygens (including phenoxy) is 1. The van der Waals surface area contributed by atoms with Gasteiger partial charge in [-0.15, -0.1) is 0 Å². The largest absolute Gasteiger partial charge is 0.482 e. The minimum absolute atomic E-state index is 0.00912. The summed E-state index contributed by atoms with van der Waals surface area (Å²) in [4.78, 5) is 26.5. The first-order valence-corrected chi connectivity index (χ1v) is 7.59. The number of likely N-dealkylation sites (tertiary alicyclic amines) is 1. The fourth-order valence-electron chi connectivity index (χ4n) is 2.97. The SMILES string of the molecule is O=C1COc2ccc([N+](=O)[O-])cc2N1CCN1CCCCC1. The van der Waals surface area contributed by atoms with Crippen molar-refractivity contribution in [2.24, 2.45) is 0 Å². The first-order valence-electron chi connectivity index (χ1n) is 7.59. The number of rotatable bonds is 4. The van der Waals surface area contributed by atoms with Crippen LogP contribution in [0.25, 0.3) is 0 Å². The molecule has 0 radical (unpaired) electrons. The summed E-state index contributed by atoms with van der Waals surface area (Å²) in [5.41, 5.74) is 0.475. The van der Waals surface area contributed by atoms with Crippen LogP contribution in [0.5, 0.6) is 5.75 Å². The monoisotopic (exact) mass is 305 g/mol. The molecule has 0 aliphatic carbocycles. The van der Waals surface area contributed by atoms with Crippen molar-refractivity contribution in [2.75, 3.05) is 37.7 Å². The molecule has 3 rings (SSSR count). The van der Waals surface area contributed by atoms with Crippen molar-refractivity contribution < 1.29 is 14.5 Å². The molecule has 7 heteroatoms. The highest BCUT2D eigenvalue weighted by Crippen LogP contribution is 2.35. The molecule has 2 heterocycles. The van der Waals surface area contributed by atoms with Gasteiger partial charge in [-0.25, -0.2) is 0 Å². The lowest BCUT2D eigenvalue weighted by Gasteiger charge is -2.32. The maximum Gasteiger partial charge on any atom is 0.271 e. The molecule has 0 unspecified atom stereocenters. The van der Waals surface area contributed by atoms with E-state index in [1.807, 2.05) is 0 Å². The summed E-state index contributed by atoms with van der Waals surface area (Å²) >= 11 is 0. The number of nitro groups is 1. The third kappa shape index (κ3) is 3.04. The number of hydrogen-bond acceptors (Lipinski definition) is 5. The van der Waals surface area contributed by atoms with Gasteiger partial charge in [0.1, 0.15) is 5.75 Å². The molecule has 0 aromatic heterocycles. The van der Waals surface area contributed by atoms with Crippen LogP contribution in [0.4, 0.5) is 11.4 Å². The molecule has 1 amide bonds. The van der Waals surface area contributed by atoms with Gasteiger partial charge in [-0.3, -0.25) is 14.9 Å². The molecule has 1 saturated heterocycles. The number of carbonyl (C=O) groups excluding carboxylic acids is 1. The molecule has 0 bridgehead atoms. The second kappa shape index (κ2) is 6.31. The zero-order valence-corrected chi connectivity index (χ0v) is 12.4. The molecule has 1 aromatic rings. The van der Waals surface area contributed by atoms with Crippen molar-refractivity contribution in [2.45, 2.75) is 19.3 Å². The number of non-ortho nitro benzene ring substituents is 1. The lowest BCUT2D eigenvalue weighted by atomic mass is 10.1. The lowest BCUT2D eigenvalue weighted by Crippen LogP contribution is -2.44. The van der Waals surface area contributed by atoms with Crippen LogP contribution in [0.15, 0.2) is 18.2 Å². The van der Waals surface area contributed by atoms with E-state index < -0.39 is 4.92 Å². The van der Waals surface area contributed by atoms with Crippen LogP contribution in [0.2, 0.25) is 0 Å². The van der Waals surface area contributed by atoms with Crippen molar-refractivity contribution in [1.29, 1.82) is 0 Å². The minimum Gasteiger partial charge on any atom is -0.482 e. The number of nitrogens with zero attached hydrogens (tertiary/aromatic N) is 3. The summed E-state index contributed by atoms with van der Waals surface area (Å²) < 4.78 is 5.37. The van der Waals surface area contributed by atoms with Gasteiger partial charge in [0.2, 0.25) is 0 Å². The summed E-state index contributed by atoms with van der Waals surface area (Å²) in [6.07, 6.45) is 3.65. The Morgan fingerprint density at radius 2 is 1.95 bits per heavy atom. The van der Waals surface area contributed by atoms with Crippen molar-refractivity contribution in [1.82, 2.24) is 4.90 Å². The second-order valence-corrected chi connectivity index (χ2v) is 5.65. The molecule has 22 heavy (non-hydrogen) atoms. The van der Waals surface area contributed by atoms with Crippen molar-refractivity contribution in [3.05, 3.63) is 28.3 Å². The molecule has 2 aliphatic rings. The molecule has 1 aromatic carbocycles. The zero-order chi connectivity index (χ0) is 15.5. The number of nitro benzene ring substituents is 1. The van der Waals surface area contributed by atoms with Gasteiger partial charge in [-0.1, -0.05) is 6.42 Å². The first-order chi connectivity index (χ1) is 10.6. The van der Waals surface area contributed by atoms with E-state index in [0.29, 0.717) is 18.0 Å². The fraction of sp³-hybridized carbons (Fsp3) is 0.533. The van der Waals surface area contributed by atoms with Crippen molar-refractivity contribution in [3.8, 4) is 5.75 Å². The van der Waals surface area contributed by atoms with Gasteiger partial charge < -0.3 is 14.5 Å². The van der Waals surface area contributed by atoms with Crippen LogP contribution in [-0.4, -0.2) is 48.5 Å².